The topological polar surface area (TPSA) is 98.3 Å². The number of ether oxygens (including phenoxy) is 2. The summed E-state index contributed by atoms with van der Waals surface area (Å²) >= 11 is 0. The van der Waals surface area contributed by atoms with E-state index >= 15 is 0 Å². The number of amides is 2. The molecule has 0 spiro atoms. The highest BCUT2D eigenvalue weighted by atomic mass is 19.4. The predicted molar refractivity (Wildman–Crippen MR) is 103 cm³/mol. The lowest BCUT2D eigenvalue weighted by molar-refractivity contribution is -0.137. The molecule has 0 aromatic heterocycles. The highest BCUT2D eigenvalue weighted by Crippen LogP contribution is 2.31. The fraction of sp³-hybridized carbons (Fsp3) is 0.211. The van der Waals surface area contributed by atoms with Crippen LogP contribution in [0, 0.1) is 0 Å². The molecule has 2 amide bonds. The Morgan fingerprint density at radius 3 is 2.37 bits per heavy atom. The third-order valence-corrected chi connectivity index (χ3v) is 3.56. The van der Waals surface area contributed by atoms with Crippen LogP contribution in [-0.4, -0.2) is 38.9 Å². The zero-order valence-electron chi connectivity index (χ0n) is 15.9. The molecule has 0 bridgehead atoms. The van der Waals surface area contributed by atoms with Crippen LogP contribution in [0.2, 0.25) is 0 Å². The van der Waals surface area contributed by atoms with E-state index in [1.165, 1.54) is 20.3 Å². The molecule has 0 heterocycles. The number of benzene rings is 2. The molecule has 2 aromatic carbocycles. The minimum absolute atomic E-state index is 0.0625. The number of alkyl halides is 3. The molecule has 0 atom stereocenters. The van der Waals surface area contributed by atoms with Crippen molar-refractivity contribution < 1.29 is 37.1 Å². The Morgan fingerprint density at radius 2 is 1.70 bits per heavy atom. The van der Waals surface area contributed by atoms with Gasteiger partial charge in [-0.05, 0) is 30.3 Å². The minimum Gasteiger partial charge on any atom is -0.493 e. The highest BCUT2D eigenvalue weighted by molar-refractivity contribution is 6.31. The van der Waals surface area contributed by atoms with Crippen LogP contribution in [0.25, 0.3) is 0 Å². The van der Waals surface area contributed by atoms with Crippen molar-refractivity contribution in [1.82, 2.24) is 0 Å². The molecular formula is C19H18F3N3O5. The van der Waals surface area contributed by atoms with E-state index in [0.29, 0.717) is 23.4 Å². The molecule has 0 unspecified atom stereocenters. The van der Waals surface area contributed by atoms with Gasteiger partial charge in [0, 0.05) is 17.4 Å². The first-order chi connectivity index (χ1) is 14.2. The first-order valence-electron chi connectivity index (χ1n) is 8.38. The number of halogens is 3. The molecule has 160 valence electrons. The molecule has 0 saturated carbocycles. The summed E-state index contributed by atoms with van der Waals surface area (Å²) in [6.45, 7) is -0.498. The Hall–Kier alpha value is -3.76. The Kier molecular flexibility index (Phi) is 7.62. The monoisotopic (exact) mass is 425 g/mol. The van der Waals surface area contributed by atoms with Crippen LogP contribution < -0.4 is 20.1 Å². The molecule has 0 radical (unpaired) electrons. The van der Waals surface area contributed by atoms with Gasteiger partial charge in [-0.2, -0.15) is 13.2 Å². The van der Waals surface area contributed by atoms with Crippen molar-refractivity contribution in [3.05, 3.63) is 48.0 Å². The lowest BCUT2D eigenvalue weighted by Crippen LogP contribution is -2.18. The summed E-state index contributed by atoms with van der Waals surface area (Å²) in [4.78, 5) is 28.3. The SMILES string of the molecule is COc1ccc(NC(=O)CO/N=C/C(=O)Nc2cccc(C(F)(F)F)c2)cc1OC. The second-order valence-corrected chi connectivity index (χ2v) is 5.69. The Bertz CT molecular complexity index is 932. The van der Waals surface area contributed by atoms with Crippen molar-refractivity contribution in [3.63, 3.8) is 0 Å². The zero-order valence-corrected chi connectivity index (χ0v) is 15.9. The normalized spacial score (nSPS) is 11.1. The molecule has 0 aliphatic heterocycles. The second-order valence-electron chi connectivity index (χ2n) is 5.69. The van der Waals surface area contributed by atoms with Crippen molar-refractivity contribution in [2.45, 2.75) is 6.18 Å². The first kappa shape index (κ1) is 22.5. The summed E-state index contributed by atoms with van der Waals surface area (Å²) in [5, 5.41) is 8.06. The van der Waals surface area contributed by atoms with Gasteiger partial charge in [0.2, 0.25) is 0 Å². The van der Waals surface area contributed by atoms with Crippen molar-refractivity contribution >= 4 is 29.4 Å². The molecule has 30 heavy (non-hydrogen) atoms. The third kappa shape index (κ3) is 6.69. The van der Waals surface area contributed by atoms with E-state index in [4.69, 9.17) is 14.3 Å². The number of hydrogen-bond acceptors (Lipinski definition) is 6. The average Bonchev–Trinajstić information content (AvgIpc) is 2.70. The van der Waals surface area contributed by atoms with E-state index in [1.54, 1.807) is 18.2 Å². The number of carbonyl (C=O) groups is 2. The quantitative estimate of drug-likeness (QED) is 0.500. The molecule has 0 fully saturated rings. The van der Waals surface area contributed by atoms with E-state index in [-0.39, 0.29) is 5.69 Å². The molecule has 0 aliphatic rings. The number of carbonyl (C=O) groups excluding carboxylic acids is 2. The molecule has 2 rings (SSSR count). The number of nitrogens with zero attached hydrogens (tertiary/aromatic N) is 1. The third-order valence-electron chi connectivity index (χ3n) is 3.56. The van der Waals surface area contributed by atoms with Gasteiger partial charge in [-0.15, -0.1) is 0 Å². The minimum atomic E-state index is -4.53. The number of nitrogens with one attached hydrogen (secondary N) is 2. The van der Waals surface area contributed by atoms with Gasteiger partial charge >= 0.3 is 6.18 Å². The van der Waals surface area contributed by atoms with Gasteiger partial charge in [0.1, 0.15) is 6.21 Å². The summed E-state index contributed by atoms with van der Waals surface area (Å²) in [6, 6.07) is 8.84. The highest BCUT2D eigenvalue weighted by Gasteiger charge is 2.30. The van der Waals surface area contributed by atoms with E-state index in [0.717, 1.165) is 18.2 Å². The Balaban J connectivity index is 1.82. The van der Waals surface area contributed by atoms with Gasteiger partial charge in [-0.25, -0.2) is 0 Å². The van der Waals surface area contributed by atoms with Gasteiger partial charge < -0.3 is 24.9 Å². The van der Waals surface area contributed by atoms with Crippen LogP contribution in [0.15, 0.2) is 47.6 Å². The summed E-state index contributed by atoms with van der Waals surface area (Å²) < 4.78 is 48.2. The lowest BCUT2D eigenvalue weighted by Gasteiger charge is -2.10. The molecule has 8 nitrogen and oxygen atoms in total. The average molecular weight is 425 g/mol. The largest absolute Gasteiger partial charge is 0.493 e. The summed E-state index contributed by atoms with van der Waals surface area (Å²) in [5.74, 6) is -0.476. The molecule has 0 saturated heterocycles. The second kappa shape index (κ2) is 10.1. The summed E-state index contributed by atoms with van der Waals surface area (Å²) in [5.41, 5.74) is -0.541. The van der Waals surface area contributed by atoms with E-state index in [1.807, 2.05) is 0 Å². The van der Waals surface area contributed by atoms with Crippen molar-refractivity contribution in [3.8, 4) is 11.5 Å². The van der Waals surface area contributed by atoms with Gasteiger partial charge in [-0.3, -0.25) is 9.59 Å². The van der Waals surface area contributed by atoms with E-state index in [2.05, 4.69) is 15.8 Å². The standard InChI is InChI=1S/C19H18F3N3O5/c1-28-15-7-6-14(9-16(15)29-2)25-18(27)11-30-23-10-17(26)24-13-5-3-4-12(8-13)19(20,21)22/h3-10H,11H2,1-2H3,(H,24,26)(H,25,27)/b23-10+. The maximum absolute atomic E-state index is 12.7. The van der Waals surface area contributed by atoms with Crippen LogP contribution in [-0.2, 0) is 20.6 Å². The van der Waals surface area contributed by atoms with Crippen molar-refractivity contribution in [2.24, 2.45) is 5.16 Å². The maximum Gasteiger partial charge on any atom is 0.416 e. The zero-order chi connectivity index (χ0) is 22.1. The molecule has 2 N–H and O–H groups in total. The van der Waals surface area contributed by atoms with Crippen LogP contribution in [0.1, 0.15) is 5.56 Å². The smallest absolute Gasteiger partial charge is 0.416 e. The number of oxime groups is 1. The fourth-order valence-corrected chi connectivity index (χ4v) is 2.24. The fourth-order valence-electron chi connectivity index (χ4n) is 2.24. The first-order valence-corrected chi connectivity index (χ1v) is 8.38. The summed E-state index contributed by atoms with van der Waals surface area (Å²) in [6.07, 6.45) is -3.83. The number of methoxy groups -OCH3 is 2. The van der Waals surface area contributed by atoms with Crippen molar-refractivity contribution in [2.75, 3.05) is 31.5 Å². The number of hydrogen-bond donors (Lipinski definition) is 2. The molecular weight excluding hydrogens is 407 g/mol. The number of rotatable bonds is 8. The Labute approximate surface area is 169 Å². The van der Waals surface area contributed by atoms with E-state index < -0.39 is 30.2 Å². The van der Waals surface area contributed by atoms with Crippen molar-refractivity contribution in [1.29, 1.82) is 0 Å². The van der Waals surface area contributed by atoms with Gasteiger partial charge in [0.25, 0.3) is 11.8 Å². The lowest BCUT2D eigenvalue weighted by atomic mass is 10.2. The van der Waals surface area contributed by atoms with Crippen LogP contribution in [0.4, 0.5) is 24.5 Å². The van der Waals surface area contributed by atoms with E-state index in [9.17, 15) is 22.8 Å². The maximum atomic E-state index is 12.7. The molecule has 11 heteroatoms. The van der Waals surface area contributed by atoms with Crippen LogP contribution >= 0.6 is 0 Å². The summed E-state index contributed by atoms with van der Waals surface area (Å²) in [7, 11) is 2.93. The number of anilines is 2. The van der Waals surface area contributed by atoms with Gasteiger partial charge in [0.15, 0.2) is 18.1 Å². The molecule has 2 aromatic rings. The van der Waals surface area contributed by atoms with Gasteiger partial charge in [-0.1, -0.05) is 11.2 Å². The molecule has 0 aliphatic carbocycles. The van der Waals surface area contributed by atoms with Crippen LogP contribution in [0.3, 0.4) is 0 Å². The predicted octanol–water partition coefficient (Wildman–Crippen LogP) is 3.30. The van der Waals surface area contributed by atoms with Crippen LogP contribution in [0.5, 0.6) is 11.5 Å². The van der Waals surface area contributed by atoms with Gasteiger partial charge in [0.05, 0.1) is 19.8 Å². The Morgan fingerprint density at radius 1 is 1.00 bits per heavy atom.